The van der Waals surface area contributed by atoms with Gasteiger partial charge in [-0.05, 0) is 19.8 Å². The summed E-state index contributed by atoms with van der Waals surface area (Å²) in [5, 5.41) is 6.06. The van der Waals surface area contributed by atoms with Crippen LogP contribution in [0.1, 0.15) is 30.9 Å². The van der Waals surface area contributed by atoms with Gasteiger partial charge >= 0.3 is 0 Å². The van der Waals surface area contributed by atoms with Crippen molar-refractivity contribution in [1.82, 2.24) is 15.6 Å². The van der Waals surface area contributed by atoms with Gasteiger partial charge in [-0.1, -0.05) is 0 Å². The molecule has 0 aliphatic heterocycles. The van der Waals surface area contributed by atoms with Gasteiger partial charge < -0.3 is 15.1 Å². The van der Waals surface area contributed by atoms with Crippen molar-refractivity contribution >= 4 is 5.91 Å². The zero-order valence-electron chi connectivity index (χ0n) is 9.45. The van der Waals surface area contributed by atoms with Crippen LogP contribution in [-0.2, 0) is 11.3 Å². The highest BCUT2D eigenvalue weighted by Crippen LogP contribution is 2.18. The van der Waals surface area contributed by atoms with Crippen LogP contribution in [-0.4, -0.2) is 23.5 Å². The largest absolute Gasteiger partial charge is 0.444 e. The van der Waals surface area contributed by atoms with Crippen LogP contribution < -0.4 is 10.6 Å². The monoisotopic (exact) mass is 223 g/mol. The fourth-order valence-corrected chi connectivity index (χ4v) is 1.42. The predicted molar refractivity (Wildman–Crippen MR) is 58.7 cm³/mol. The number of rotatable bonds is 6. The molecule has 1 aliphatic carbocycles. The lowest BCUT2D eigenvalue weighted by molar-refractivity contribution is -0.121. The molecule has 88 valence electrons. The molecule has 1 heterocycles. The summed E-state index contributed by atoms with van der Waals surface area (Å²) in [5.41, 5.74) is 0. The second kappa shape index (κ2) is 5.12. The van der Waals surface area contributed by atoms with Crippen LogP contribution in [0.5, 0.6) is 0 Å². The molecule has 5 nitrogen and oxygen atoms in total. The molecule has 1 fully saturated rings. The SMILES string of the molecule is Cc1cnc(CNC(=O)CCNC2CC2)o1. The first kappa shape index (κ1) is 11.1. The van der Waals surface area contributed by atoms with Crippen molar-refractivity contribution in [3.05, 3.63) is 17.8 Å². The lowest BCUT2D eigenvalue weighted by atomic mass is 10.4. The smallest absolute Gasteiger partial charge is 0.221 e. The van der Waals surface area contributed by atoms with Gasteiger partial charge in [0.1, 0.15) is 5.76 Å². The Labute approximate surface area is 94.6 Å². The lowest BCUT2D eigenvalue weighted by Gasteiger charge is -2.03. The summed E-state index contributed by atoms with van der Waals surface area (Å²) >= 11 is 0. The number of amides is 1. The molecule has 1 aromatic rings. The van der Waals surface area contributed by atoms with Gasteiger partial charge in [0.15, 0.2) is 0 Å². The summed E-state index contributed by atoms with van der Waals surface area (Å²) in [7, 11) is 0. The summed E-state index contributed by atoms with van der Waals surface area (Å²) < 4.78 is 5.25. The summed E-state index contributed by atoms with van der Waals surface area (Å²) in [6, 6.07) is 0.655. The van der Waals surface area contributed by atoms with Crippen LogP contribution in [0.4, 0.5) is 0 Å². The van der Waals surface area contributed by atoms with Gasteiger partial charge in [0.05, 0.1) is 12.7 Å². The van der Waals surface area contributed by atoms with E-state index in [-0.39, 0.29) is 5.91 Å². The van der Waals surface area contributed by atoms with Gasteiger partial charge in [-0.2, -0.15) is 0 Å². The molecule has 1 saturated carbocycles. The van der Waals surface area contributed by atoms with E-state index in [9.17, 15) is 4.79 Å². The standard InChI is InChI=1S/C11H17N3O2/c1-8-6-14-11(16-8)7-13-10(15)4-5-12-9-2-3-9/h6,9,12H,2-5,7H2,1H3,(H,13,15). The Morgan fingerprint density at radius 3 is 3.06 bits per heavy atom. The Morgan fingerprint density at radius 2 is 2.44 bits per heavy atom. The van der Waals surface area contributed by atoms with Crippen molar-refractivity contribution in [3.8, 4) is 0 Å². The minimum Gasteiger partial charge on any atom is -0.444 e. The molecule has 2 rings (SSSR count). The molecule has 1 amide bonds. The molecule has 0 radical (unpaired) electrons. The maximum atomic E-state index is 11.4. The number of hydrogen-bond acceptors (Lipinski definition) is 4. The minimum atomic E-state index is 0.0315. The lowest BCUT2D eigenvalue weighted by Crippen LogP contribution is -2.28. The predicted octanol–water partition coefficient (Wildman–Crippen LogP) is 0.741. The number of oxazole rings is 1. The van der Waals surface area contributed by atoms with Crippen LogP contribution in [0.2, 0.25) is 0 Å². The molecule has 16 heavy (non-hydrogen) atoms. The van der Waals surface area contributed by atoms with Crippen LogP contribution in [0.3, 0.4) is 0 Å². The second-order valence-electron chi connectivity index (χ2n) is 4.12. The van der Waals surface area contributed by atoms with E-state index < -0.39 is 0 Å². The Kier molecular flexibility index (Phi) is 3.56. The highest BCUT2D eigenvalue weighted by Gasteiger charge is 2.20. The second-order valence-corrected chi connectivity index (χ2v) is 4.12. The van der Waals surface area contributed by atoms with Crippen molar-refractivity contribution in [1.29, 1.82) is 0 Å². The van der Waals surface area contributed by atoms with Crippen LogP contribution in [0, 0.1) is 6.92 Å². The highest BCUT2D eigenvalue weighted by molar-refractivity contribution is 5.75. The third-order valence-electron chi connectivity index (χ3n) is 2.47. The summed E-state index contributed by atoms with van der Waals surface area (Å²) in [6.07, 6.45) is 4.65. The quantitative estimate of drug-likeness (QED) is 0.746. The zero-order valence-corrected chi connectivity index (χ0v) is 9.45. The summed E-state index contributed by atoms with van der Waals surface area (Å²) in [6.45, 7) is 2.95. The van der Waals surface area contributed by atoms with Crippen molar-refractivity contribution in [2.45, 2.75) is 38.8 Å². The maximum absolute atomic E-state index is 11.4. The molecule has 0 unspecified atom stereocenters. The molecule has 0 spiro atoms. The average Bonchev–Trinajstić information content (AvgIpc) is 2.98. The Bertz CT molecular complexity index is 358. The minimum absolute atomic E-state index is 0.0315. The molecular formula is C11H17N3O2. The topological polar surface area (TPSA) is 67.2 Å². The summed E-state index contributed by atoms with van der Waals surface area (Å²) in [5.74, 6) is 1.35. The normalized spacial score (nSPS) is 15.1. The van der Waals surface area contributed by atoms with E-state index in [1.165, 1.54) is 12.8 Å². The molecule has 1 aliphatic rings. The van der Waals surface area contributed by atoms with Crippen molar-refractivity contribution in [2.24, 2.45) is 0 Å². The van der Waals surface area contributed by atoms with Gasteiger partial charge in [-0.25, -0.2) is 4.98 Å². The van der Waals surface area contributed by atoms with Gasteiger partial charge in [0.25, 0.3) is 0 Å². The van der Waals surface area contributed by atoms with Crippen molar-refractivity contribution in [2.75, 3.05) is 6.54 Å². The van der Waals surface area contributed by atoms with Gasteiger partial charge in [0.2, 0.25) is 11.8 Å². The molecule has 1 aromatic heterocycles. The molecule has 0 saturated heterocycles. The first-order valence-electron chi connectivity index (χ1n) is 5.65. The molecule has 0 aromatic carbocycles. The number of hydrogen-bond donors (Lipinski definition) is 2. The number of nitrogens with zero attached hydrogens (tertiary/aromatic N) is 1. The van der Waals surface area contributed by atoms with Gasteiger partial charge in [-0.3, -0.25) is 4.79 Å². The van der Waals surface area contributed by atoms with E-state index in [2.05, 4.69) is 15.6 Å². The highest BCUT2D eigenvalue weighted by atomic mass is 16.4. The van der Waals surface area contributed by atoms with E-state index in [0.717, 1.165) is 12.3 Å². The number of aromatic nitrogens is 1. The number of nitrogens with one attached hydrogen (secondary N) is 2. The van der Waals surface area contributed by atoms with Crippen LogP contribution >= 0.6 is 0 Å². The Balaban J connectivity index is 1.59. The first-order chi connectivity index (χ1) is 7.74. The van der Waals surface area contributed by atoms with E-state index in [4.69, 9.17) is 4.42 Å². The first-order valence-corrected chi connectivity index (χ1v) is 5.65. The van der Waals surface area contributed by atoms with E-state index in [1.54, 1.807) is 6.20 Å². The van der Waals surface area contributed by atoms with Crippen molar-refractivity contribution in [3.63, 3.8) is 0 Å². The van der Waals surface area contributed by atoms with Crippen LogP contribution in [0.25, 0.3) is 0 Å². The van der Waals surface area contributed by atoms with E-state index >= 15 is 0 Å². The van der Waals surface area contributed by atoms with E-state index in [1.807, 2.05) is 6.92 Å². The fourth-order valence-electron chi connectivity index (χ4n) is 1.42. The van der Waals surface area contributed by atoms with Gasteiger partial charge in [-0.15, -0.1) is 0 Å². The zero-order chi connectivity index (χ0) is 11.4. The molecule has 5 heteroatoms. The van der Waals surface area contributed by atoms with Crippen LogP contribution in [0.15, 0.2) is 10.6 Å². The Morgan fingerprint density at radius 1 is 1.62 bits per heavy atom. The van der Waals surface area contributed by atoms with Gasteiger partial charge in [0, 0.05) is 19.0 Å². The maximum Gasteiger partial charge on any atom is 0.221 e. The number of carbonyl (C=O) groups is 1. The Hall–Kier alpha value is -1.36. The summed E-state index contributed by atoms with van der Waals surface area (Å²) in [4.78, 5) is 15.4. The number of carbonyl (C=O) groups excluding carboxylic acids is 1. The average molecular weight is 223 g/mol. The molecule has 2 N–H and O–H groups in total. The third-order valence-corrected chi connectivity index (χ3v) is 2.47. The fraction of sp³-hybridized carbons (Fsp3) is 0.636. The molecule has 0 atom stereocenters. The van der Waals surface area contributed by atoms with Crippen molar-refractivity contribution < 1.29 is 9.21 Å². The number of aryl methyl sites for hydroxylation is 1. The third kappa shape index (κ3) is 3.66. The van der Waals surface area contributed by atoms with E-state index in [0.29, 0.717) is 24.9 Å². The molecular weight excluding hydrogens is 206 g/mol. The molecule has 0 bridgehead atoms.